The van der Waals surface area contributed by atoms with Gasteiger partial charge in [-0.05, 0) is 43.3 Å². The van der Waals surface area contributed by atoms with Gasteiger partial charge in [0.25, 0.3) is 0 Å². The van der Waals surface area contributed by atoms with Gasteiger partial charge in [0, 0.05) is 0 Å². The van der Waals surface area contributed by atoms with Crippen LogP contribution in [0.4, 0.5) is 0 Å². The monoisotopic (exact) mass is 354 g/mol. The van der Waals surface area contributed by atoms with E-state index in [9.17, 15) is 8.42 Å². The Morgan fingerprint density at radius 1 is 0.708 bits per heavy atom. The largest absolute Gasteiger partial charge is 0.497 e. The van der Waals surface area contributed by atoms with Crippen LogP contribution in [0.2, 0.25) is 0 Å². The first-order valence-corrected chi connectivity index (χ1v) is 8.98. The summed E-state index contributed by atoms with van der Waals surface area (Å²) < 4.78 is 29.6. The Balaban J connectivity index is -0.000000684. The number of sulfone groups is 1. The Hall–Kier alpha value is -1.81. The summed E-state index contributed by atoms with van der Waals surface area (Å²) in [6.45, 7) is 9.92. The molecule has 24 heavy (non-hydrogen) atoms. The predicted octanol–water partition coefficient (Wildman–Crippen LogP) is 6.16. The Labute approximate surface area is 149 Å². The number of methoxy groups -OCH3 is 1. The molecule has 0 aliphatic carbocycles. The third kappa shape index (κ3) is 7.18. The van der Waals surface area contributed by atoms with Crippen molar-refractivity contribution in [2.45, 2.75) is 59.3 Å². The van der Waals surface area contributed by atoms with Gasteiger partial charge in [-0.25, -0.2) is 8.42 Å². The average molecular weight is 355 g/mol. The van der Waals surface area contributed by atoms with E-state index in [-0.39, 0.29) is 19.7 Å². The topological polar surface area (TPSA) is 43.4 Å². The van der Waals surface area contributed by atoms with Crippen molar-refractivity contribution < 1.29 is 13.2 Å². The highest BCUT2D eigenvalue weighted by molar-refractivity contribution is 7.91. The molecule has 0 aromatic heterocycles. The fourth-order valence-electron chi connectivity index (χ4n) is 1.61. The summed E-state index contributed by atoms with van der Waals surface area (Å²) in [5, 5.41) is 0. The van der Waals surface area contributed by atoms with Crippen LogP contribution in [0, 0.1) is 6.92 Å². The van der Waals surface area contributed by atoms with Crippen LogP contribution in [-0.4, -0.2) is 15.5 Å². The van der Waals surface area contributed by atoms with Gasteiger partial charge in [-0.3, -0.25) is 0 Å². The lowest BCUT2D eigenvalue weighted by atomic mass is 10.2. The van der Waals surface area contributed by atoms with Gasteiger partial charge in [-0.15, -0.1) is 0 Å². The number of ether oxygens (including phenoxy) is 1. The molecule has 2 rings (SSSR count). The van der Waals surface area contributed by atoms with Crippen molar-refractivity contribution in [1.82, 2.24) is 0 Å². The van der Waals surface area contributed by atoms with E-state index in [2.05, 4.69) is 0 Å². The van der Waals surface area contributed by atoms with E-state index in [1.807, 2.05) is 34.6 Å². The first-order chi connectivity index (χ1) is 10.5. The summed E-state index contributed by atoms with van der Waals surface area (Å²) in [5.41, 5.74) is 1.03. The maximum atomic E-state index is 12.3. The van der Waals surface area contributed by atoms with E-state index in [1.165, 1.54) is 0 Å². The minimum Gasteiger partial charge on any atom is -0.497 e. The van der Waals surface area contributed by atoms with E-state index in [1.54, 1.807) is 55.6 Å². The van der Waals surface area contributed by atoms with Gasteiger partial charge >= 0.3 is 0 Å². The van der Waals surface area contributed by atoms with Gasteiger partial charge in [0.15, 0.2) is 0 Å². The quantitative estimate of drug-likeness (QED) is 0.663. The summed E-state index contributed by atoms with van der Waals surface area (Å²) in [4.78, 5) is 0.574. The number of aryl methyl sites for hydroxylation is 1. The van der Waals surface area contributed by atoms with E-state index in [4.69, 9.17) is 4.74 Å². The zero-order valence-corrected chi connectivity index (χ0v) is 15.1. The molecule has 3 nitrogen and oxygen atoms in total. The summed E-state index contributed by atoms with van der Waals surface area (Å²) >= 11 is 0. The van der Waals surface area contributed by atoms with E-state index < -0.39 is 9.84 Å². The van der Waals surface area contributed by atoms with Crippen LogP contribution in [0.5, 0.6) is 5.75 Å². The molecule has 0 saturated carbocycles. The lowest BCUT2D eigenvalue weighted by Crippen LogP contribution is -2.01. The zero-order valence-electron chi connectivity index (χ0n) is 14.3. The standard InChI is InChI=1S/C14H14O3S.2C2H6.2CH4/c1-11-3-7-13(8-4-11)18(15,16)14-9-5-12(17-2)6-10-14;2*1-2;;/h3-10H,1-2H3;2*1-2H3;2*1H4. The van der Waals surface area contributed by atoms with Crippen LogP contribution in [0.3, 0.4) is 0 Å². The molecule has 0 heterocycles. The van der Waals surface area contributed by atoms with Crippen molar-refractivity contribution in [3.8, 4) is 5.75 Å². The van der Waals surface area contributed by atoms with E-state index >= 15 is 0 Å². The number of hydrogen-bond donors (Lipinski definition) is 0. The lowest BCUT2D eigenvalue weighted by Gasteiger charge is -2.06. The SMILES string of the molecule is C.C.CC.CC.COc1ccc(S(=O)(=O)c2ccc(C)cc2)cc1. The van der Waals surface area contributed by atoms with Crippen molar-refractivity contribution in [3.05, 3.63) is 54.1 Å². The molecule has 4 heteroatoms. The molecule has 0 saturated heterocycles. The molecule has 0 aliphatic rings. The molecule has 2 aromatic rings. The van der Waals surface area contributed by atoms with Crippen molar-refractivity contribution in [2.75, 3.05) is 7.11 Å². The highest BCUT2D eigenvalue weighted by Crippen LogP contribution is 2.23. The second kappa shape index (κ2) is 13.6. The Kier molecular flexibility index (Phi) is 15.3. The maximum Gasteiger partial charge on any atom is 0.206 e. The molecular weight excluding hydrogens is 320 g/mol. The van der Waals surface area contributed by atoms with Crippen LogP contribution < -0.4 is 4.74 Å². The molecule has 0 fully saturated rings. The number of benzene rings is 2. The molecule has 0 atom stereocenters. The third-order valence-corrected chi connectivity index (χ3v) is 4.49. The van der Waals surface area contributed by atoms with Crippen molar-refractivity contribution in [1.29, 1.82) is 0 Å². The maximum absolute atomic E-state index is 12.3. The molecular formula is C20H34O3S. The molecule has 0 radical (unpaired) electrons. The van der Waals surface area contributed by atoms with Crippen LogP contribution in [-0.2, 0) is 9.84 Å². The molecule has 0 aliphatic heterocycles. The minimum absolute atomic E-state index is 0. The van der Waals surface area contributed by atoms with Crippen LogP contribution in [0.25, 0.3) is 0 Å². The van der Waals surface area contributed by atoms with Gasteiger partial charge in [-0.1, -0.05) is 60.2 Å². The second-order valence-corrected chi connectivity index (χ2v) is 5.94. The van der Waals surface area contributed by atoms with Crippen molar-refractivity contribution in [2.24, 2.45) is 0 Å². The van der Waals surface area contributed by atoms with Crippen LogP contribution in [0.15, 0.2) is 58.3 Å². The van der Waals surface area contributed by atoms with Gasteiger partial charge in [0.05, 0.1) is 16.9 Å². The number of rotatable bonds is 3. The highest BCUT2D eigenvalue weighted by Gasteiger charge is 2.16. The zero-order chi connectivity index (χ0) is 17.2. The molecule has 0 amide bonds. The first-order valence-electron chi connectivity index (χ1n) is 7.50. The summed E-state index contributed by atoms with van der Waals surface area (Å²) in [6.07, 6.45) is 0. The molecule has 2 aromatic carbocycles. The first kappa shape index (κ1) is 27.1. The van der Waals surface area contributed by atoms with Crippen molar-refractivity contribution in [3.63, 3.8) is 0 Å². The number of hydrogen-bond acceptors (Lipinski definition) is 3. The average Bonchev–Trinajstić information content (AvgIpc) is 2.59. The Bertz CT molecular complexity index is 628. The lowest BCUT2D eigenvalue weighted by molar-refractivity contribution is 0.414. The second-order valence-electron chi connectivity index (χ2n) is 3.99. The highest BCUT2D eigenvalue weighted by atomic mass is 32.2. The van der Waals surface area contributed by atoms with Crippen LogP contribution >= 0.6 is 0 Å². The Morgan fingerprint density at radius 2 is 1.04 bits per heavy atom. The fourth-order valence-corrected chi connectivity index (χ4v) is 2.87. The Morgan fingerprint density at radius 3 is 1.38 bits per heavy atom. The molecule has 0 spiro atoms. The van der Waals surface area contributed by atoms with Gasteiger partial charge in [0.2, 0.25) is 9.84 Å². The van der Waals surface area contributed by atoms with Gasteiger partial charge in [0.1, 0.15) is 5.75 Å². The molecule has 0 unspecified atom stereocenters. The van der Waals surface area contributed by atoms with Crippen LogP contribution in [0.1, 0.15) is 48.1 Å². The van der Waals surface area contributed by atoms with Crippen molar-refractivity contribution >= 4 is 9.84 Å². The van der Waals surface area contributed by atoms with E-state index in [0.29, 0.717) is 10.6 Å². The summed E-state index contributed by atoms with van der Waals surface area (Å²) in [7, 11) is -1.89. The van der Waals surface area contributed by atoms with Gasteiger partial charge < -0.3 is 4.74 Å². The molecule has 138 valence electrons. The smallest absolute Gasteiger partial charge is 0.206 e. The summed E-state index contributed by atoms with van der Waals surface area (Å²) in [5.74, 6) is 0.637. The van der Waals surface area contributed by atoms with Gasteiger partial charge in [-0.2, -0.15) is 0 Å². The predicted molar refractivity (Wildman–Crippen MR) is 106 cm³/mol. The third-order valence-electron chi connectivity index (χ3n) is 2.70. The molecule has 0 bridgehead atoms. The molecule has 0 N–H and O–H groups in total. The normalized spacial score (nSPS) is 8.92. The fraction of sp³-hybridized carbons (Fsp3) is 0.400. The minimum atomic E-state index is -3.44. The summed E-state index contributed by atoms with van der Waals surface area (Å²) in [6, 6.07) is 13.2. The van der Waals surface area contributed by atoms with E-state index in [0.717, 1.165) is 5.56 Å².